The monoisotopic (exact) mass is 284 g/mol. The number of piperidine rings is 1. The van der Waals surface area contributed by atoms with Crippen LogP contribution < -0.4 is 5.73 Å². The molecule has 0 radical (unpaired) electrons. The molecule has 1 aliphatic rings. The molecule has 0 saturated carbocycles. The third kappa shape index (κ3) is 3.47. The predicted octanol–water partition coefficient (Wildman–Crippen LogP) is 3.60. The van der Waals surface area contributed by atoms with E-state index in [0.717, 1.165) is 25.9 Å². The molecule has 0 aromatic heterocycles. The fraction of sp³-hybridized carbons (Fsp3) is 0.600. The third-order valence-electron chi connectivity index (χ3n) is 4.14. The van der Waals surface area contributed by atoms with Crippen LogP contribution in [0.2, 0.25) is 5.02 Å². The molecule has 1 aliphatic heterocycles. The van der Waals surface area contributed by atoms with E-state index < -0.39 is 0 Å². The van der Waals surface area contributed by atoms with E-state index in [1.165, 1.54) is 6.07 Å². The van der Waals surface area contributed by atoms with Crippen molar-refractivity contribution in [2.45, 2.75) is 32.7 Å². The summed E-state index contributed by atoms with van der Waals surface area (Å²) < 4.78 is 14.0. The number of rotatable bonds is 3. The topological polar surface area (TPSA) is 29.3 Å². The van der Waals surface area contributed by atoms with Gasteiger partial charge in [0.2, 0.25) is 0 Å². The minimum absolute atomic E-state index is 0.0478. The minimum Gasteiger partial charge on any atom is -0.329 e. The molecule has 0 amide bonds. The van der Waals surface area contributed by atoms with Crippen molar-refractivity contribution in [3.05, 3.63) is 34.6 Å². The zero-order valence-corrected chi connectivity index (χ0v) is 12.4. The van der Waals surface area contributed by atoms with Crippen LogP contribution in [0.15, 0.2) is 18.2 Å². The molecule has 1 aromatic carbocycles. The lowest BCUT2D eigenvalue weighted by Gasteiger charge is -2.41. The normalized spacial score (nSPS) is 21.3. The Morgan fingerprint density at radius 3 is 2.53 bits per heavy atom. The van der Waals surface area contributed by atoms with Crippen molar-refractivity contribution < 1.29 is 4.39 Å². The summed E-state index contributed by atoms with van der Waals surface area (Å²) in [7, 11) is 0. The molecule has 0 bridgehead atoms. The van der Waals surface area contributed by atoms with Gasteiger partial charge in [-0.15, -0.1) is 0 Å². The highest BCUT2D eigenvalue weighted by molar-refractivity contribution is 6.30. The van der Waals surface area contributed by atoms with Crippen LogP contribution in [0.5, 0.6) is 0 Å². The largest absolute Gasteiger partial charge is 0.329 e. The molecule has 1 heterocycles. The summed E-state index contributed by atoms with van der Waals surface area (Å²) in [5, 5.41) is 0.428. The van der Waals surface area contributed by atoms with Gasteiger partial charge in [-0.1, -0.05) is 31.5 Å². The maximum atomic E-state index is 14.0. The Balaban J connectivity index is 2.16. The van der Waals surface area contributed by atoms with E-state index in [1.807, 2.05) is 0 Å². The maximum absolute atomic E-state index is 14.0. The summed E-state index contributed by atoms with van der Waals surface area (Å²) in [5.74, 6) is -0.257. The first-order valence-electron chi connectivity index (χ1n) is 6.82. The van der Waals surface area contributed by atoms with Crippen LogP contribution in [0.4, 0.5) is 4.39 Å². The lowest BCUT2D eigenvalue weighted by Crippen LogP contribution is -2.42. The smallest absolute Gasteiger partial charge is 0.129 e. The zero-order valence-electron chi connectivity index (χ0n) is 11.6. The second-order valence-electron chi connectivity index (χ2n) is 6.12. The number of nitrogens with zero attached hydrogens (tertiary/aromatic N) is 1. The SMILES string of the molecule is CC1(C)CCN(C(CN)c2ccc(Cl)cc2F)CC1. The number of benzene rings is 1. The van der Waals surface area contributed by atoms with Crippen molar-refractivity contribution in [1.82, 2.24) is 4.90 Å². The summed E-state index contributed by atoms with van der Waals surface area (Å²) in [6.07, 6.45) is 2.25. The molecular formula is C15H22ClFN2. The van der Waals surface area contributed by atoms with Crippen molar-refractivity contribution >= 4 is 11.6 Å². The Hall–Kier alpha value is -0.640. The quantitative estimate of drug-likeness (QED) is 0.919. The van der Waals surface area contributed by atoms with Crippen LogP contribution in [0, 0.1) is 11.2 Å². The summed E-state index contributed by atoms with van der Waals surface area (Å²) >= 11 is 5.80. The van der Waals surface area contributed by atoms with Crippen molar-refractivity contribution in [3.63, 3.8) is 0 Å². The first kappa shape index (κ1) is 14.8. The lowest BCUT2D eigenvalue weighted by molar-refractivity contribution is 0.0949. The first-order valence-corrected chi connectivity index (χ1v) is 7.20. The lowest BCUT2D eigenvalue weighted by atomic mass is 9.82. The Morgan fingerprint density at radius 1 is 1.37 bits per heavy atom. The average molecular weight is 285 g/mol. The highest BCUT2D eigenvalue weighted by atomic mass is 35.5. The molecule has 4 heteroatoms. The first-order chi connectivity index (χ1) is 8.93. The fourth-order valence-electron chi connectivity index (χ4n) is 2.69. The number of halogens is 2. The van der Waals surface area contributed by atoms with E-state index in [4.69, 9.17) is 17.3 Å². The van der Waals surface area contributed by atoms with Gasteiger partial charge in [-0.25, -0.2) is 4.39 Å². The molecule has 1 fully saturated rings. The van der Waals surface area contributed by atoms with Crippen molar-refractivity contribution in [2.24, 2.45) is 11.1 Å². The Bertz CT molecular complexity index is 438. The van der Waals surface area contributed by atoms with Crippen molar-refractivity contribution in [2.75, 3.05) is 19.6 Å². The number of likely N-dealkylation sites (tertiary alicyclic amines) is 1. The molecule has 1 aromatic rings. The number of hydrogen-bond donors (Lipinski definition) is 1. The van der Waals surface area contributed by atoms with E-state index in [9.17, 15) is 4.39 Å². The Kier molecular flexibility index (Phi) is 4.49. The van der Waals surface area contributed by atoms with Gasteiger partial charge in [-0.05, 0) is 43.5 Å². The Labute approximate surface area is 119 Å². The van der Waals surface area contributed by atoms with E-state index in [0.29, 0.717) is 22.5 Å². The molecule has 0 aliphatic carbocycles. The molecule has 1 saturated heterocycles. The van der Waals surface area contributed by atoms with Gasteiger partial charge in [0.1, 0.15) is 5.82 Å². The predicted molar refractivity (Wildman–Crippen MR) is 77.8 cm³/mol. The second kappa shape index (κ2) is 5.78. The summed E-state index contributed by atoms with van der Waals surface area (Å²) in [4.78, 5) is 2.29. The molecule has 2 rings (SSSR count). The second-order valence-corrected chi connectivity index (χ2v) is 6.55. The van der Waals surface area contributed by atoms with E-state index in [-0.39, 0.29) is 11.9 Å². The van der Waals surface area contributed by atoms with Gasteiger partial charge < -0.3 is 5.73 Å². The van der Waals surface area contributed by atoms with E-state index >= 15 is 0 Å². The van der Waals surface area contributed by atoms with Gasteiger partial charge in [-0.3, -0.25) is 4.90 Å². The highest BCUT2D eigenvalue weighted by Gasteiger charge is 2.30. The van der Waals surface area contributed by atoms with Crippen LogP contribution in [0.1, 0.15) is 38.3 Å². The van der Waals surface area contributed by atoms with Gasteiger partial charge in [0.15, 0.2) is 0 Å². The molecule has 1 unspecified atom stereocenters. The molecule has 106 valence electrons. The minimum atomic E-state index is -0.257. The van der Waals surface area contributed by atoms with Crippen LogP contribution in [-0.4, -0.2) is 24.5 Å². The van der Waals surface area contributed by atoms with Gasteiger partial charge in [0, 0.05) is 23.2 Å². The maximum Gasteiger partial charge on any atom is 0.129 e. The van der Waals surface area contributed by atoms with Crippen LogP contribution in [-0.2, 0) is 0 Å². The molecule has 0 spiro atoms. The molecule has 2 nitrogen and oxygen atoms in total. The third-order valence-corrected chi connectivity index (χ3v) is 4.37. The van der Waals surface area contributed by atoms with Crippen LogP contribution in [0.25, 0.3) is 0 Å². The number of nitrogens with two attached hydrogens (primary N) is 1. The van der Waals surface area contributed by atoms with Gasteiger partial charge in [0.05, 0.1) is 0 Å². The van der Waals surface area contributed by atoms with Crippen LogP contribution >= 0.6 is 11.6 Å². The zero-order chi connectivity index (χ0) is 14.0. The van der Waals surface area contributed by atoms with Gasteiger partial charge in [0.25, 0.3) is 0 Å². The molecule has 1 atom stereocenters. The highest BCUT2D eigenvalue weighted by Crippen LogP contribution is 2.34. The van der Waals surface area contributed by atoms with E-state index in [1.54, 1.807) is 12.1 Å². The Morgan fingerprint density at radius 2 is 2.00 bits per heavy atom. The van der Waals surface area contributed by atoms with Crippen LogP contribution in [0.3, 0.4) is 0 Å². The molecular weight excluding hydrogens is 263 g/mol. The summed E-state index contributed by atoms with van der Waals surface area (Å²) in [6.45, 7) is 6.93. The molecule has 19 heavy (non-hydrogen) atoms. The van der Waals surface area contributed by atoms with Gasteiger partial charge >= 0.3 is 0 Å². The fourth-order valence-corrected chi connectivity index (χ4v) is 2.84. The summed E-state index contributed by atoms with van der Waals surface area (Å²) in [5.41, 5.74) is 6.91. The van der Waals surface area contributed by atoms with Crippen molar-refractivity contribution in [1.29, 1.82) is 0 Å². The molecule has 2 N–H and O–H groups in total. The van der Waals surface area contributed by atoms with E-state index in [2.05, 4.69) is 18.7 Å². The van der Waals surface area contributed by atoms with Gasteiger partial charge in [-0.2, -0.15) is 0 Å². The standard InChI is InChI=1S/C15H22ClFN2/c1-15(2)5-7-19(8-6-15)14(10-18)12-4-3-11(16)9-13(12)17/h3-4,9,14H,5-8,10,18H2,1-2H3. The average Bonchev–Trinajstić information content (AvgIpc) is 2.34. The van der Waals surface area contributed by atoms with Crippen molar-refractivity contribution in [3.8, 4) is 0 Å². The number of hydrogen-bond acceptors (Lipinski definition) is 2. The summed E-state index contributed by atoms with van der Waals surface area (Å²) in [6, 6.07) is 4.81.